The lowest BCUT2D eigenvalue weighted by Crippen LogP contribution is -2.40. The monoisotopic (exact) mass is 604 g/mol. The van der Waals surface area contributed by atoms with Crippen molar-refractivity contribution >= 4 is 28.5 Å². The normalized spacial score (nSPS) is 12.1. The topological polar surface area (TPSA) is 0 Å². The predicted octanol–water partition coefficient (Wildman–Crippen LogP) is 12.1. The highest BCUT2D eigenvalue weighted by atomic mass is 35.5. The van der Waals surface area contributed by atoms with E-state index < -0.39 is 0 Å². The van der Waals surface area contributed by atoms with Gasteiger partial charge in [-0.05, 0) is 96.6 Å². The molecule has 0 atom stereocenters. The van der Waals surface area contributed by atoms with E-state index in [1.54, 1.807) is 0 Å². The Balaban J connectivity index is 2.24. The van der Waals surface area contributed by atoms with Crippen molar-refractivity contribution in [3.05, 3.63) is 106 Å². The van der Waals surface area contributed by atoms with Gasteiger partial charge in [0.15, 0.2) is 0 Å². The minimum Gasteiger partial charge on any atom is -0.182 e. The summed E-state index contributed by atoms with van der Waals surface area (Å²) in [6.07, 6.45) is -0.294. The average molecular weight is 605 g/mol. The molecule has 4 aromatic carbocycles. The fourth-order valence-corrected chi connectivity index (χ4v) is 6.98. The molecule has 0 unspecified atom stereocenters. The molecule has 0 nitrogen and oxygen atoms in total. The Hall–Kier alpha value is -2.77. The van der Waals surface area contributed by atoms with Gasteiger partial charge in [0.05, 0.1) is 0 Å². The van der Waals surface area contributed by atoms with Crippen molar-refractivity contribution < 1.29 is 0 Å². The minimum absolute atomic E-state index is 0.294. The zero-order valence-corrected chi connectivity index (χ0v) is 30.1. The van der Waals surface area contributed by atoms with Gasteiger partial charge in [-0.25, -0.2) is 0 Å². The van der Waals surface area contributed by atoms with Gasteiger partial charge in [0, 0.05) is 0 Å². The second-order valence-electron chi connectivity index (χ2n) is 14.6. The number of benzene rings is 4. The maximum Gasteiger partial charge on any atom is 0.316 e. The van der Waals surface area contributed by atoms with Crippen LogP contribution in [0, 0.1) is 0 Å². The van der Waals surface area contributed by atoms with Crippen LogP contribution in [0.15, 0.2) is 72.8 Å². The van der Waals surface area contributed by atoms with Crippen molar-refractivity contribution in [2.75, 3.05) is 0 Å². The summed E-state index contributed by atoms with van der Waals surface area (Å²) in [5.41, 5.74) is 16.1. The second-order valence-corrected chi connectivity index (χ2v) is 15.1. The average Bonchev–Trinajstić information content (AvgIpc) is 2.99. The first-order valence-corrected chi connectivity index (χ1v) is 17.4. The van der Waals surface area contributed by atoms with Gasteiger partial charge in [-0.2, -0.15) is 11.5 Å². The van der Waals surface area contributed by atoms with Crippen LogP contribution < -0.4 is 10.9 Å². The van der Waals surface area contributed by atoms with Crippen LogP contribution in [-0.2, 0) is 0 Å². The van der Waals surface area contributed by atoms with Crippen LogP contribution in [0.5, 0.6) is 0 Å². The van der Waals surface area contributed by atoms with Gasteiger partial charge >= 0.3 is 6.13 Å². The van der Waals surface area contributed by atoms with Crippen LogP contribution in [0.2, 0.25) is 0 Å². The molecule has 0 amide bonds. The first kappa shape index (κ1) is 34.1. The molecule has 2 heteroatoms. The summed E-state index contributed by atoms with van der Waals surface area (Å²) in [5.74, 6) is 2.46. The summed E-state index contributed by atoms with van der Waals surface area (Å²) < 4.78 is 0. The molecular formula is C42H54BCl. The Morgan fingerprint density at radius 1 is 0.432 bits per heavy atom. The van der Waals surface area contributed by atoms with E-state index >= 15 is 0 Å². The molecule has 0 aliphatic carbocycles. The second kappa shape index (κ2) is 14.1. The lowest BCUT2D eigenvalue weighted by Gasteiger charge is -2.29. The first-order chi connectivity index (χ1) is 20.7. The van der Waals surface area contributed by atoms with E-state index in [2.05, 4.69) is 156 Å². The highest BCUT2D eigenvalue weighted by Crippen LogP contribution is 2.43. The number of hydrogen-bond donors (Lipinski definition) is 0. The predicted molar refractivity (Wildman–Crippen MR) is 199 cm³/mol. The summed E-state index contributed by atoms with van der Waals surface area (Å²) in [7, 11) is 0. The third-order valence-corrected chi connectivity index (χ3v) is 9.73. The molecule has 0 spiro atoms. The van der Waals surface area contributed by atoms with Gasteiger partial charge < -0.3 is 0 Å². The third kappa shape index (κ3) is 6.89. The molecule has 0 radical (unpaired) electrons. The summed E-state index contributed by atoms with van der Waals surface area (Å²) in [4.78, 5) is 0. The maximum absolute atomic E-state index is 7.73. The van der Waals surface area contributed by atoms with E-state index in [9.17, 15) is 0 Å². The van der Waals surface area contributed by atoms with Crippen molar-refractivity contribution in [1.82, 2.24) is 0 Å². The molecule has 0 fully saturated rings. The van der Waals surface area contributed by atoms with Gasteiger partial charge in [0.2, 0.25) is 0 Å². The third-order valence-electron chi connectivity index (χ3n) is 9.26. The van der Waals surface area contributed by atoms with E-state index in [0.29, 0.717) is 35.5 Å². The smallest absolute Gasteiger partial charge is 0.182 e. The lowest BCUT2D eigenvalue weighted by atomic mass is 9.57. The maximum atomic E-state index is 7.73. The summed E-state index contributed by atoms with van der Waals surface area (Å²) in [6, 6.07) is 27.5. The van der Waals surface area contributed by atoms with Crippen LogP contribution in [0.3, 0.4) is 0 Å². The molecule has 0 aliphatic rings. The minimum atomic E-state index is -0.294. The number of halogens is 1. The van der Waals surface area contributed by atoms with E-state index in [1.165, 1.54) is 61.1 Å². The van der Waals surface area contributed by atoms with E-state index in [0.717, 1.165) is 5.46 Å². The van der Waals surface area contributed by atoms with Crippen LogP contribution in [-0.4, -0.2) is 6.13 Å². The van der Waals surface area contributed by atoms with Gasteiger partial charge in [-0.1, -0.05) is 161 Å². The molecule has 0 N–H and O–H groups in total. The quantitative estimate of drug-likeness (QED) is 0.158. The molecule has 0 saturated carbocycles. The molecule has 232 valence electrons. The molecule has 4 aromatic rings. The highest BCUT2D eigenvalue weighted by molar-refractivity contribution is 7.22. The molecule has 0 saturated heterocycles. The number of rotatable bonds is 10. The highest BCUT2D eigenvalue weighted by Gasteiger charge is 2.30. The molecule has 0 aromatic heterocycles. The van der Waals surface area contributed by atoms with Crippen LogP contribution in [0.25, 0.3) is 22.3 Å². The van der Waals surface area contributed by atoms with E-state index in [4.69, 9.17) is 11.5 Å². The Labute approximate surface area is 274 Å². The Kier molecular flexibility index (Phi) is 10.9. The summed E-state index contributed by atoms with van der Waals surface area (Å²) in [5, 5.41) is 0. The van der Waals surface area contributed by atoms with Gasteiger partial charge in [0.1, 0.15) is 0 Å². The lowest BCUT2D eigenvalue weighted by molar-refractivity contribution is 0.807. The van der Waals surface area contributed by atoms with E-state index in [-0.39, 0.29) is 6.13 Å². The first-order valence-electron chi connectivity index (χ1n) is 16.9. The van der Waals surface area contributed by atoms with Gasteiger partial charge in [-0.3, -0.25) is 0 Å². The zero-order valence-electron chi connectivity index (χ0n) is 29.3. The fourth-order valence-electron chi connectivity index (χ4n) is 6.60. The molecule has 0 bridgehead atoms. The molecular weight excluding hydrogens is 551 g/mol. The summed E-state index contributed by atoms with van der Waals surface area (Å²) in [6.45, 7) is 27.9. The van der Waals surface area contributed by atoms with Crippen molar-refractivity contribution in [2.45, 2.75) is 119 Å². The zero-order chi connectivity index (χ0) is 32.5. The van der Waals surface area contributed by atoms with Gasteiger partial charge in [0.25, 0.3) is 0 Å². The van der Waals surface area contributed by atoms with E-state index in [1.807, 2.05) is 0 Å². The Morgan fingerprint density at radius 3 is 1.07 bits per heavy atom. The van der Waals surface area contributed by atoms with Crippen molar-refractivity contribution in [3.63, 3.8) is 0 Å². The molecule has 0 heterocycles. The Bertz CT molecular complexity index is 1420. The Morgan fingerprint density at radius 2 is 0.773 bits per heavy atom. The fraction of sp³-hybridized carbons (Fsp3) is 0.429. The van der Waals surface area contributed by atoms with Crippen molar-refractivity contribution in [2.24, 2.45) is 0 Å². The molecule has 4 rings (SSSR count). The van der Waals surface area contributed by atoms with Crippen LogP contribution in [0.4, 0.5) is 0 Å². The van der Waals surface area contributed by atoms with Crippen LogP contribution >= 0.6 is 11.5 Å². The number of hydrogen-bond acceptors (Lipinski definition) is 0. The van der Waals surface area contributed by atoms with Crippen molar-refractivity contribution in [1.29, 1.82) is 0 Å². The molecule has 0 aliphatic heterocycles. The van der Waals surface area contributed by atoms with Crippen molar-refractivity contribution in [3.8, 4) is 22.3 Å². The molecule has 44 heavy (non-hydrogen) atoms. The van der Waals surface area contributed by atoms with Gasteiger partial charge in [-0.15, -0.1) is 0 Å². The SMILES string of the molecule is CC(C)c1cc(C(C)C)c(-c2cccc(-c3c(C(C)C)cc(C(C)C)cc3C(C)C)c2B(Cl)c2ccccc2)c(C(C)C)c1. The summed E-state index contributed by atoms with van der Waals surface area (Å²) >= 11 is 7.73. The van der Waals surface area contributed by atoms with Crippen LogP contribution in [0.1, 0.15) is 152 Å². The standard InChI is InChI=1S/C42H54BCl/c1-25(2)31-21-36(27(5)6)40(37(22-31)28(7)8)34-19-16-20-35(42(34)43(44)33-17-14-13-15-18-33)41-38(29(9)10)23-32(26(3)4)24-39(41)30(11)12/h13-30H,1-12H3. The largest absolute Gasteiger partial charge is 0.316 e.